The number of halogens is 1. The van der Waals surface area contributed by atoms with Gasteiger partial charge in [0.05, 0.1) is 5.69 Å². The van der Waals surface area contributed by atoms with Gasteiger partial charge in [0.25, 0.3) is 11.8 Å². The molecule has 3 amide bonds. The van der Waals surface area contributed by atoms with E-state index in [-0.39, 0.29) is 31.2 Å². The number of hydrogen-bond donors (Lipinski definition) is 2. The average molecular weight is 401 g/mol. The molecule has 152 valence electrons. The van der Waals surface area contributed by atoms with Gasteiger partial charge in [0.1, 0.15) is 5.75 Å². The average Bonchev–Trinajstić information content (AvgIpc) is 2.72. The van der Waals surface area contributed by atoms with Crippen LogP contribution in [0.5, 0.6) is 11.5 Å². The van der Waals surface area contributed by atoms with Gasteiger partial charge in [-0.05, 0) is 31.2 Å². The van der Waals surface area contributed by atoms with Gasteiger partial charge in [-0.15, -0.1) is 0 Å². The van der Waals surface area contributed by atoms with E-state index in [4.69, 9.17) is 9.47 Å². The van der Waals surface area contributed by atoms with E-state index in [1.807, 2.05) is 0 Å². The highest BCUT2D eigenvalue weighted by Gasteiger charge is 2.25. The van der Waals surface area contributed by atoms with Crippen molar-refractivity contribution in [3.05, 3.63) is 54.3 Å². The summed E-state index contributed by atoms with van der Waals surface area (Å²) in [6.07, 6.45) is -1.07. The van der Waals surface area contributed by atoms with Crippen LogP contribution < -0.4 is 25.2 Å². The topological polar surface area (TPSA) is 97.0 Å². The lowest BCUT2D eigenvalue weighted by Gasteiger charge is -2.29. The zero-order valence-corrected chi connectivity index (χ0v) is 15.7. The molecule has 9 heteroatoms. The Kier molecular flexibility index (Phi) is 6.28. The molecule has 0 saturated heterocycles. The normalized spacial score (nSPS) is 13.7. The van der Waals surface area contributed by atoms with E-state index >= 15 is 0 Å². The fourth-order valence-corrected chi connectivity index (χ4v) is 2.69. The SMILES string of the molecule is C[C@H](Oc1ccccc1F)C(=O)NNC(=O)CCN1C(=O)COc2ccccc21. The van der Waals surface area contributed by atoms with Gasteiger partial charge in [0.15, 0.2) is 24.3 Å². The maximum Gasteiger partial charge on any atom is 0.279 e. The molecule has 0 saturated carbocycles. The van der Waals surface area contributed by atoms with Gasteiger partial charge >= 0.3 is 0 Å². The molecule has 1 heterocycles. The maximum absolute atomic E-state index is 13.6. The van der Waals surface area contributed by atoms with Crippen molar-refractivity contribution < 1.29 is 28.2 Å². The van der Waals surface area contributed by atoms with Crippen LogP contribution in [0.4, 0.5) is 10.1 Å². The van der Waals surface area contributed by atoms with Gasteiger partial charge in [0.2, 0.25) is 5.91 Å². The lowest BCUT2D eigenvalue weighted by atomic mass is 10.2. The van der Waals surface area contributed by atoms with Crippen molar-refractivity contribution in [1.29, 1.82) is 0 Å². The standard InChI is InChI=1S/C20H20FN3O5/c1-13(29-16-8-4-2-6-14(16)21)20(27)23-22-18(25)10-11-24-15-7-3-5-9-17(15)28-12-19(24)26/h2-9,13H,10-12H2,1H3,(H,22,25)(H,23,27)/t13-/m0/s1. The van der Waals surface area contributed by atoms with Gasteiger partial charge in [0, 0.05) is 13.0 Å². The molecular formula is C20H20FN3O5. The molecule has 8 nitrogen and oxygen atoms in total. The van der Waals surface area contributed by atoms with Crippen molar-refractivity contribution in [2.45, 2.75) is 19.4 Å². The van der Waals surface area contributed by atoms with Crippen LogP contribution in [-0.4, -0.2) is 37.0 Å². The number of anilines is 1. The van der Waals surface area contributed by atoms with Gasteiger partial charge in [-0.25, -0.2) is 4.39 Å². The molecule has 3 rings (SSSR count). The number of hydrogen-bond acceptors (Lipinski definition) is 5. The number of hydrazine groups is 1. The number of carbonyl (C=O) groups is 3. The summed E-state index contributed by atoms with van der Waals surface area (Å²) in [5.74, 6) is -1.48. The number of ether oxygens (including phenoxy) is 2. The van der Waals surface area contributed by atoms with Crippen LogP contribution in [0.15, 0.2) is 48.5 Å². The van der Waals surface area contributed by atoms with E-state index in [1.165, 1.54) is 30.0 Å². The van der Waals surface area contributed by atoms with Crippen LogP contribution in [0.2, 0.25) is 0 Å². The molecule has 0 aromatic heterocycles. The predicted molar refractivity (Wildman–Crippen MR) is 102 cm³/mol. The molecule has 0 radical (unpaired) electrons. The van der Waals surface area contributed by atoms with E-state index < -0.39 is 23.7 Å². The highest BCUT2D eigenvalue weighted by Crippen LogP contribution is 2.31. The third kappa shape index (κ3) is 5.01. The zero-order valence-electron chi connectivity index (χ0n) is 15.7. The molecule has 1 atom stereocenters. The Morgan fingerprint density at radius 1 is 1.17 bits per heavy atom. The largest absolute Gasteiger partial charge is 0.482 e. The molecule has 0 aliphatic carbocycles. The van der Waals surface area contributed by atoms with E-state index in [9.17, 15) is 18.8 Å². The molecule has 2 N–H and O–H groups in total. The molecule has 0 spiro atoms. The van der Waals surface area contributed by atoms with Gasteiger partial charge in [-0.3, -0.25) is 25.2 Å². The predicted octanol–water partition coefficient (Wildman–Crippen LogP) is 1.56. The molecule has 29 heavy (non-hydrogen) atoms. The molecule has 1 aliphatic rings. The molecule has 0 fully saturated rings. The molecule has 2 aromatic rings. The molecule has 1 aliphatic heterocycles. The number of nitrogens with zero attached hydrogens (tertiary/aromatic N) is 1. The molecule has 0 bridgehead atoms. The fraction of sp³-hybridized carbons (Fsp3) is 0.250. The smallest absolute Gasteiger partial charge is 0.279 e. The zero-order chi connectivity index (χ0) is 20.8. The molecular weight excluding hydrogens is 381 g/mol. The second-order valence-electron chi connectivity index (χ2n) is 6.28. The lowest BCUT2D eigenvalue weighted by Crippen LogP contribution is -2.48. The lowest BCUT2D eigenvalue weighted by molar-refractivity contribution is -0.132. The van der Waals surface area contributed by atoms with Crippen molar-refractivity contribution in [3.63, 3.8) is 0 Å². The van der Waals surface area contributed by atoms with Crippen LogP contribution in [0.25, 0.3) is 0 Å². The summed E-state index contributed by atoms with van der Waals surface area (Å²) in [5.41, 5.74) is 5.08. The van der Waals surface area contributed by atoms with Crippen molar-refractivity contribution >= 4 is 23.4 Å². The van der Waals surface area contributed by atoms with Gasteiger partial charge < -0.3 is 14.4 Å². The van der Waals surface area contributed by atoms with E-state index in [1.54, 1.807) is 30.3 Å². The van der Waals surface area contributed by atoms with E-state index in [2.05, 4.69) is 10.9 Å². The first kappa shape index (κ1) is 20.1. The first-order valence-electron chi connectivity index (χ1n) is 8.98. The van der Waals surface area contributed by atoms with Crippen LogP contribution >= 0.6 is 0 Å². The minimum absolute atomic E-state index is 0.0388. The Labute approximate surface area is 166 Å². The number of fused-ring (bicyclic) bond motifs is 1. The summed E-state index contributed by atoms with van der Waals surface area (Å²) in [5, 5.41) is 0. The number of nitrogens with one attached hydrogen (secondary N) is 2. The van der Waals surface area contributed by atoms with Crippen LogP contribution in [0.3, 0.4) is 0 Å². The van der Waals surface area contributed by atoms with Crippen molar-refractivity contribution in [1.82, 2.24) is 10.9 Å². The summed E-state index contributed by atoms with van der Waals surface area (Å²) in [6, 6.07) is 12.7. The van der Waals surface area contributed by atoms with Crippen LogP contribution in [0, 0.1) is 5.82 Å². The highest BCUT2D eigenvalue weighted by molar-refractivity contribution is 5.98. The minimum Gasteiger partial charge on any atom is -0.482 e. The monoisotopic (exact) mass is 401 g/mol. The molecule has 2 aromatic carbocycles. The Morgan fingerprint density at radius 2 is 1.90 bits per heavy atom. The van der Waals surface area contributed by atoms with Crippen molar-refractivity contribution in [3.8, 4) is 11.5 Å². The summed E-state index contributed by atoms with van der Waals surface area (Å²) in [6.45, 7) is 1.46. The van der Waals surface area contributed by atoms with Crippen molar-refractivity contribution in [2.75, 3.05) is 18.1 Å². The fourth-order valence-electron chi connectivity index (χ4n) is 2.69. The number of carbonyl (C=O) groups excluding carboxylic acids is 3. The minimum atomic E-state index is -1.03. The summed E-state index contributed by atoms with van der Waals surface area (Å²) >= 11 is 0. The van der Waals surface area contributed by atoms with Crippen LogP contribution in [-0.2, 0) is 14.4 Å². The van der Waals surface area contributed by atoms with E-state index in [0.29, 0.717) is 11.4 Å². The maximum atomic E-state index is 13.6. The highest BCUT2D eigenvalue weighted by atomic mass is 19.1. The summed E-state index contributed by atoms with van der Waals surface area (Å²) in [4.78, 5) is 37.6. The quantitative estimate of drug-likeness (QED) is 0.716. The number of rotatable bonds is 6. The van der Waals surface area contributed by atoms with E-state index in [0.717, 1.165) is 0 Å². The summed E-state index contributed by atoms with van der Waals surface area (Å²) < 4.78 is 24.2. The first-order chi connectivity index (χ1) is 14.0. The van der Waals surface area contributed by atoms with Crippen LogP contribution in [0.1, 0.15) is 13.3 Å². The number of benzene rings is 2. The first-order valence-corrected chi connectivity index (χ1v) is 8.98. The summed E-state index contributed by atoms with van der Waals surface area (Å²) in [7, 11) is 0. The third-order valence-corrected chi connectivity index (χ3v) is 4.21. The number of amides is 3. The Bertz CT molecular complexity index is 920. The second-order valence-corrected chi connectivity index (χ2v) is 6.28. The van der Waals surface area contributed by atoms with Crippen molar-refractivity contribution in [2.24, 2.45) is 0 Å². The Morgan fingerprint density at radius 3 is 2.69 bits per heavy atom. The molecule has 0 unspecified atom stereocenters. The third-order valence-electron chi connectivity index (χ3n) is 4.21. The van der Waals surface area contributed by atoms with Gasteiger partial charge in [-0.2, -0.15) is 0 Å². The Hall–Kier alpha value is -3.62. The van der Waals surface area contributed by atoms with Gasteiger partial charge in [-0.1, -0.05) is 24.3 Å². The second kappa shape index (κ2) is 9.05. The Balaban J connectivity index is 1.47. The number of para-hydroxylation sites is 3.